The molecule has 2 heterocycles. The summed E-state index contributed by atoms with van der Waals surface area (Å²) in [5.74, 6) is 0.151. The molecule has 4 atom stereocenters. The topological polar surface area (TPSA) is 120 Å². The molecule has 8 nitrogen and oxygen atoms in total. The van der Waals surface area contributed by atoms with Gasteiger partial charge in [0.1, 0.15) is 12.4 Å². The smallest absolute Gasteiger partial charge is 0.264 e. The zero-order chi connectivity index (χ0) is 28.3. The number of sulfonamides is 1. The second kappa shape index (κ2) is 12.2. The number of aliphatic hydroxyl groups is 1. The number of hydrogen-bond donors (Lipinski definition) is 2. The molecule has 2 aromatic carbocycles. The molecule has 0 saturated heterocycles. The Balaban J connectivity index is 1.54. The first-order valence-corrected chi connectivity index (χ1v) is 15.8. The van der Waals surface area contributed by atoms with Crippen LogP contribution in [0.15, 0.2) is 48.6 Å². The van der Waals surface area contributed by atoms with Crippen molar-refractivity contribution in [2.75, 3.05) is 18.0 Å². The number of nitrogens with one attached hydrogen (secondary N) is 1. The van der Waals surface area contributed by atoms with Crippen molar-refractivity contribution in [3.05, 3.63) is 70.3 Å². The minimum absolute atomic E-state index is 0.0227. The highest BCUT2D eigenvalue weighted by Crippen LogP contribution is 2.41. The van der Waals surface area contributed by atoms with Crippen LogP contribution in [0, 0.1) is 23.2 Å². The minimum atomic E-state index is -4.23. The maximum absolute atomic E-state index is 13.2. The number of amides is 1. The SMILES string of the molecule is N#C[C@@H]1CC/C=C\[C@H](O)[C@@H]2CC[C@H]2CN2CCCCc3cc(Cl)ccc3COc3ccc(cc32)C(=O)NS1(=O)=O. The van der Waals surface area contributed by atoms with E-state index in [1.165, 1.54) is 0 Å². The van der Waals surface area contributed by atoms with Crippen molar-refractivity contribution in [2.24, 2.45) is 11.8 Å². The van der Waals surface area contributed by atoms with Crippen molar-refractivity contribution >= 4 is 33.2 Å². The Morgan fingerprint density at radius 1 is 1.10 bits per heavy atom. The van der Waals surface area contributed by atoms with E-state index in [1.54, 1.807) is 36.4 Å². The number of fused-ring (bicyclic) bond motifs is 3. The molecule has 0 aromatic heterocycles. The van der Waals surface area contributed by atoms with Gasteiger partial charge in [0.2, 0.25) is 0 Å². The molecule has 40 heavy (non-hydrogen) atoms. The van der Waals surface area contributed by atoms with E-state index < -0.39 is 27.3 Å². The zero-order valence-corrected chi connectivity index (χ0v) is 23.8. The number of nitrogens with zero attached hydrogens (tertiary/aromatic N) is 2. The van der Waals surface area contributed by atoms with Crippen LogP contribution in [0.4, 0.5) is 5.69 Å². The summed E-state index contributed by atoms with van der Waals surface area (Å²) in [6, 6.07) is 12.6. The molecule has 1 amide bonds. The van der Waals surface area contributed by atoms with E-state index in [2.05, 4.69) is 9.62 Å². The Bertz CT molecular complexity index is 1440. The quantitative estimate of drug-likeness (QED) is 0.429. The molecule has 0 spiro atoms. The summed E-state index contributed by atoms with van der Waals surface area (Å²) in [5.41, 5.74) is 3.08. The maximum Gasteiger partial charge on any atom is 0.264 e. The van der Waals surface area contributed by atoms with Gasteiger partial charge in [-0.1, -0.05) is 29.8 Å². The van der Waals surface area contributed by atoms with Gasteiger partial charge in [-0.15, -0.1) is 0 Å². The van der Waals surface area contributed by atoms with Gasteiger partial charge in [-0.25, -0.2) is 13.1 Å². The van der Waals surface area contributed by atoms with Gasteiger partial charge in [0.05, 0.1) is 17.9 Å². The van der Waals surface area contributed by atoms with E-state index in [0.29, 0.717) is 42.6 Å². The summed E-state index contributed by atoms with van der Waals surface area (Å²) in [4.78, 5) is 15.4. The molecule has 10 heteroatoms. The third-order valence-electron chi connectivity index (χ3n) is 8.29. The van der Waals surface area contributed by atoms with E-state index in [9.17, 15) is 23.6 Å². The fourth-order valence-electron chi connectivity index (χ4n) is 5.81. The van der Waals surface area contributed by atoms with Crippen molar-refractivity contribution in [1.82, 2.24) is 4.72 Å². The van der Waals surface area contributed by atoms with Crippen LogP contribution in [0.25, 0.3) is 0 Å². The molecule has 2 aliphatic heterocycles. The number of aryl methyl sites for hydroxylation is 1. The first-order chi connectivity index (χ1) is 19.2. The highest BCUT2D eigenvalue weighted by atomic mass is 35.5. The van der Waals surface area contributed by atoms with Gasteiger partial charge < -0.3 is 14.7 Å². The summed E-state index contributed by atoms with van der Waals surface area (Å²) in [5, 5.41) is 19.7. The molecule has 2 bridgehead atoms. The van der Waals surface area contributed by atoms with Crippen molar-refractivity contribution in [3.63, 3.8) is 0 Å². The summed E-state index contributed by atoms with van der Waals surface area (Å²) in [6.07, 6.45) is 7.71. The number of allylic oxidation sites excluding steroid dienone is 1. The Morgan fingerprint density at radius 2 is 1.95 bits per heavy atom. The Labute approximate surface area is 240 Å². The number of carbonyl (C=O) groups is 1. The Kier molecular flexibility index (Phi) is 8.69. The Morgan fingerprint density at radius 3 is 2.73 bits per heavy atom. The molecule has 1 fully saturated rings. The van der Waals surface area contributed by atoms with E-state index in [1.807, 2.05) is 18.2 Å². The third kappa shape index (κ3) is 6.30. The predicted octanol–water partition coefficient (Wildman–Crippen LogP) is 4.75. The normalized spacial score (nSPS) is 27.7. The molecule has 2 aromatic rings. The highest BCUT2D eigenvalue weighted by Gasteiger charge is 2.37. The van der Waals surface area contributed by atoms with Gasteiger partial charge in [0.25, 0.3) is 15.9 Å². The monoisotopic (exact) mass is 583 g/mol. The number of ether oxygens (including phenoxy) is 1. The first kappa shape index (κ1) is 28.5. The minimum Gasteiger partial charge on any atom is -0.487 e. The average molecular weight is 584 g/mol. The lowest BCUT2D eigenvalue weighted by Crippen LogP contribution is -2.43. The standard InChI is InChI=1S/C30H34ClN3O5S/c31-24-11-8-23-19-39-29-13-10-21-16-27(29)34(14-4-3-5-20(23)15-24)18-22-9-12-26(22)28(35)7-2-1-6-25(17-32)40(37,38)33-30(21)36/h2,7-8,10-11,13,15-16,22,25-26,28,35H,1,3-6,9,12,14,18-19H2,(H,33,36)/b7-2-/t22-,25-,26+,28-/m0/s1. The molecule has 2 N–H and O–H groups in total. The zero-order valence-electron chi connectivity index (χ0n) is 22.3. The Hall–Kier alpha value is -3.06. The highest BCUT2D eigenvalue weighted by molar-refractivity contribution is 7.90. The number of aliphatic hydroxyl groups excluding tert-OH is 1. The van der Waals surface area contributed by atoms with Crippen LogP contribution < -0.4 is 14.4 Å². The number of halogens is 1. The van der Waals surface area contributed by atoms with Crippen LogP contribution in [0.5, 0.6) is 5.75 Å². The van der Waals surface area contributed by atoms with E-state index >= 15 is 0 Å². The second-order valence-electron chi connectivity index (χ2n) is 10.9. The summed E-state index contributed by atoms with van der Waals surface area (Å²) >= 11 is 6.27. The van der Waals surface area contributed by atoms with Crippen molar-refractivity contribution in [3.8, 4) is 11.8 Å². The van der Waals surface area contributed by atoms with Gasteiger partial charge in [-0.2, -0.15) is 5.26 Å². The largest absolute Gasteiger partial charge is 0.487 e. The molecule has 0 unspecified atom stereocenters. The van der Waals surface area contributed by atoms with Crippen LogP contribution in [-0.4, -0.2) is 43.9 Å². The number of hydrogen-bond acceptors (Lipinski definition) is 7. The van der Waals surface area contributed by atoms with Gasteiger partial charge in [0, 0.05) is 23.7 Å². The summed E-state index contributed by atoms with van der Waals surface area (Å²) in [7, 11) is -4.23. The summed E-state index contributed by atoms with van der Waals surface area (Å²) in [6.45, 7) is 1.72. The van der Waals surface area contributed by atoms with Crippen molar-refractivity contribution in [2.45, 2.75) is 62.9 Å². The number of benzene rings is 2. The van der Waals surface area contributed by atoms with E-state index in [0.717, 1.165) is 43.2 Å². The fraction of sp³-hybridized carbons (Fsp3) is 0.467. The van der Waals surface area contributed by atoms with Gasteiger partial charge >= 0.3 is 0 Å². The van der Waals surface area contributed by atoms with E-state index in [4.69, 9.17) is 16.3 Å². The molecular weight excluding hydrogens is 550 g/mol. The van der Waals surface area contributed by atoms with Gasteiger partial charge in [0.15, 0.2) is 5.25 Å². The summed E-state index contributed by atoms with van der Waals surface area (Å²) < 4.78 is 34.2. The number of carbonyl (C=O) groups excluding carboxylic acids is 1. The molecular formula is C30H34ClN3O5S. The third-order valence-corrected chi connectivity index (χ3v) is 10.1. The number of nitriles is 1. The lowest BCUT2D eigenvalue weighted by Gasteiger charge is -2.42. The van der Waals surface area contributed by atoms with Crippen LogP contribution in [0.2, 0.25) is 5.02 Å². The van der Waals surface area contributed by atoms with Gasteiger partial charge in [-0.3, -0.25) is 4.79 Å². The van der Waals surface area contributed by atoms with Crippen molar-refractivity contribution < 1.29 is 23.1 Å². The van der Waals surface area contributed by atoms with Crippen molar-refractivity contribution in [1.29, 1.82) is 5.26 Å². The molecule has 5 rings (SSSR count). The maximum atomic E-state index is 13.2. The van der Waals surface area contributed by atoms with Crippen LogP contribution in [0.3, 0.4) is 0 Å². The second-order valence-corrected chi connectivity index (χ2v) is 13.2. The van der Waals surface area contributed by atoms with Gasteiger partial charge in [-0.05, 0) is 98.2 Å². The first-order valence-electron chi connectivity index (χ1n) is 13.8. The van der Waals surface area contributed by atoms with Crippen LogP contribution in [0.1, 0.15) is 60.0 Å². The number of rotatable bonds is 0. The van der Waals surface area contributed by atoms with Crippen LogP contribution >= 0.6 is 11.6 Å². The average Bonchev–Trinajstić information content (AvgIpc) is 2.93. The molecule has 3 aliphatic rings. The fourth-order valence-corrected chi connectivity index (χ4v) is 7.11. The molecule has 0 radical (unpaired) electrons. The number of anilines is 1. The lowest BCUT2D eigenvalue weighted by molar-refractivity contribution is 0.0461. The predicted molar refractivity (Wildman–Crippen MR) is 154 cm³/mol. The molecule has 1 saturated carbocycles. The van der Waals surface area contributed by atoms with Crippen LogP contribution in [-0.2, 0) is 23.1 Å². The molecule has 212 valence electrons. The lowest BCUT2D eigenvalue weighted by atomic mass is 9.70. The molecule has 1 aliphatic carbocycles. The van der Waals surface area contributed by atoms with E-state index in [-0.39, 0.29) is 23.8 Å².